The van der Waals surface area contributed by atoms with Gasteiger partial charge in [-0.15, -0.1) is 0 Å². The number of hydrogen-bond donors (Lipinski definition) is 1. The molecule has 1 amide bonds. The van der Waals surface area contributed by atoms with Gasteiger partial charge in [-0.2, -0.15) is 0 Å². The standard InChI is InChI=1S/C22H23Cl2NO5/c1-12-13(2)30-20-14(12)6-5-7-17(20)25-21(26)18-16(23)9-8-15(19(18)24)22(28-4)29-11-10-27-3/h5-9,22H,10-11H2,1-4H3,(H,25,26). The molecule has 2 aromatic carbocycles. The maximum absolute atomic E-state index is 13.1. The van der Waals surface area contributed by atoms with Crippen LogP contribution in [0.2, 0.25) is 10.0 Å². The number of rotatable bonds is 8. The summed E-state index contributed by atoms with van der Waals surface area (Å²) in [6.45, 7) is 4.55. The lowest BCUT2D eigenvalue weighted by Crippen LogP contribution is -2.16. The lowest BCUT2D eigenvalue weighted by Gasteiger charge is -2.19. The third kappa shape index (κ3) is 4.48. The Labute approximate surface area is 185 Å². The van der Waals surface area contributed by atoms with Crippen LogP contribution in [0.5, 0.6) is 0 Å². The minimum absolute atomic E-state index is 0.130. The highest BCUT2D eigenvalue weighted by Gasteiger charge is 2.24. The van der Waals surface area contributed by atoms with Crippen LogP contribution in [0.1, 0.15) is 33.5 Å². The Morgan fingerprint density at radius 1 is 1.13 bits per heavy atom. The molecular weight excluding hydrogens is 429 g/mol. The van der Waals surface area contributed by atoms with Gasteiger partial charge in [0.25, 0.3) is 5.91 Å². The number of anilines is 1. The van der Waals surface area contributed by atoms with Crippen LogP contribution in [0.15, 0.2) is 34.7 Å². The molecule has 0 saturated carbocycles. The maximum Gasteiger partial charge on any atom is 0.258 e. The molecule has 0 fully saturated rings. The van der Waals surface area contributed by atoms with Crippen molar-refractivity contribution < 1.29 is 23.4 Å². The van der Waals surface area contributed by atoms with Crippen LogP contribution >= 0.6 is 23.2 Å². The second-order valence-corrected chi connectivity index (χ2v) is 7.46. The van der Waals surface area contributed by atoms with Gasteiger partial charge >= 0.3 is 0 Å². The zero-order valence-electron chi connectivity index (χ0n) is 17.2. The number of aryl methyl sites for hydroxylation is 2. The molecule has 1 heterocycles. The minimum Gasteiger partial charge on any atom is -0.459 e. The van der Waals surface area contributed by atoms with Gasteiger partial charge in [-0.1, -0.05) is 41.4 Å². The van der Waals surface area contributed by atoms with E-state index in [1.165, 1.54) is 7.11 Å². The summed E-state index contributed by atoms with van der Waals surface area (Å²) in [6, 6.07) is 8.82. The van der Waals surface area contributed by atoms with E-state index in [2.05, 4.69) is 5.32 Å². The first-order chi connectivity index (χ1) is 14.4. The molecule has 0 aliphatic rings. The Hall–Kier alpha value is -2.09. The average Bonchev–Trinajstić information content (AvgIpc) is 3.01. The molecule has 1 unspecified atom stereocenters. The molecule has 0 radical (unpaired) electrons. The Kier molecular flexibility index (Phi) is 7.39. The fourth-order valence-corrected chi connectivity index (χ4v) is 3.76. The first-order valence-corrected chi connectivity index (χ1v) is 10.1. The molecule has 3 rings (SSSR count). The molecule has 1 N–H and O–H groups in total. The monoisotopic (exact) mass is 451 g/mol. The van der Waals surface area contributed by atoms with Crippen LogP contribution in [-0.2, 0) is 14.2 Å². The maximum atomic E-state index is 13.1. The van der Waals surface area contributed by atoms with Gasteiger partial charge < -0.3 is 23.9 Å². The largest absolute Gasteiger partial charge is 0.459 e. The number of nitrogens with one attached hydrogen (secondary N) is 1. The second kappa shape index (κ2) is 9.81. The normalized spacial score (nSPS) is 12.3. The summed E-state index contributed by atoms with van der Waals surface area (Å²) in [7, 11) is 3.07. The number of amides is 1. The van der Waals surface area contributed by atoms with E-state index < -0.39 is 12.2 Å². The zero-order valence-corrected chi connectivity index (χ0v) is 18.7. The summed E-state index contributed by atoms with van der Waals surface area (Å²) in [5.74, 6) is 0.332. The van der Waals surface area contributed by atoms with Gasteiger partial charge in [0.2, 0.25) is 0 Å². The van der Waals surface area contributed by atoms with Crippen molar-refractivity contribution in [3.8, 4) is 0 Å². The number of para-hydroxylation sites is 1. The molecular formula is C22H23Cl2NO5. The number of methoxy groups -OCH3 is 2. The molecule has 6 nitrogen and oxygen atoms in total. The molecule has 0 bridgehead atoms. The molecule has 1 atom stereocenters. The van der Waals surface area contributed by atoms with Crippen LogP contribution in [0.4, 0.5) is 5.69 Å². The molecule has 8 heteroatoms. The highest BCUT2D eigenvalue weighted by molar-refractivity contribution is 6.41. The van der Waals surface area contributed by atoms with Crippen molar-refractivity contribution in [3.63, 3.8) is 0 Å². The smallest absolute Gasteiger partial charge is 0.258 e. The van der Waals surface area contributed by atoms with Crippen molar-refractivity contribution in [2.45, 2.75) is 20.1 Å². The van der Waals surface area contributed by atoms with Crippen LogP contribution in [0.25, 0.3) is 11.0 Å². The lowest BCUT2D eigenvalue weighted by atomic mass is 10.1. The molecule has 160 valence electrons. The molecule has 3 aromatic rings. The van der Waals surface area contributed by atoms with E-state index in [1.54, 1.807) is 25.3 Å². The lowest BCUT2D eigenvalue weighted by molar-refractivity contribution is -0.135. The molecule has 1 aromatic heterocycles. The number of fused-ring (bicyclic) bond motifs is 1. The molecule has 0 aliphatic heterocycles. The topological polar surface area (TPSA) is 69.9 Å². The van der Waals surface area contributed by atoms with Gasteiger partial charge in [-0.05, 0) is 31.5 Å². The van der Waals surface area contributed by atoms with Crippen molar-refractivity contribution >= 4 is 45.8 Å². The fraction of sp³-hybridized carbons (Fsp3) is 0.318. The zero-order chi connectivity index (χ0) is 21.8. The average molecular weight is 452 g/mol. The number of ether oxygens (including phenoxy) is 3. The van der Waals surface area contributed by atoms with E-state index in [-0.39, 0.29) is 15.6 Å². The number of carbonyl (C=O) groups excluding carboxylic acids is 1. The van der Waals surface area contributed by atoms with Crippen LogP contribution in [0.3, 0.4) is 0 Å². The van der Waals surface area contributed by atoms with Crippen molar-refractivity contribution in [1.29, 1.82) is 0 Å². The summed E-state index contributed by atoms with van der Waals surface area (Å²) in [5, 5.41) is 4.16. The van der Waals surface area contributed by atoms with Gasteiger partial charge in [0.15, 0.2) is 11.9 Å². The van der Waals surface area contributed by atoms with Crippen LogP contribution in [0, 0.1) is 13.8 Å². The summed E-state index contributed by atoms with van der Waals surface area (Å²) in [6.07, 6.45) is -0.768. The van der Waals surface area contributed by atoms with E-state index in [4.69, 9.17) is 41.8 Å². The fourth-order valence-electron chi connectivity index (χ4n) is 3.13. The van der Waals surface area contributed by atoms with Gasteiger partial charge in [0.05, 0.1) is 34.5 Å². The number of hydrogen-bond acceptors (Lipinski definition) is 5. The van der Waals surface area contributed by atoms with Crippen molar-refractivity contribution in [2.75, 3.05) is 32.8 Å². The van der Waals surface area contributed by atoms with E-state index in [0.717, 1.165) is 16.7 Å². The summed E-state index contributed by atoms with van der Waals surface area (Å²) in [5.41, 5.74) is 2.78. The predicted molar refractivity (Wildman–Crippen MR) is 118 cm³/mol. The van der Waals surface area contributed by atoms with Crippen molar-refractivity contribution in [2.24, 2.45) is 0 Å². The molecule has 0 saturated heterocycles. The van der Waals surface area contributed by atoms with E-state index in [9.17, 15) is 4.79 Å². The van der Waals surface area contributed by atoms with E-state index >= 15 is 0 Å². The Morgan fingerprint density at radius 3 is 2.60 bits per heavy atom. The Bertz CT molecular complexity index is 1060. The van der Waals surface area contributed by atoms with Gasteiger partial charge in [0, 0.05) is 25.2 Å². The van der Waals surface area contributed by atoms with Crippen LogP contribution < -0.4 is 5.32 Å². The quantitative estimate of drug-likeness (QED) is 0.340. The molecule has 30 heavy (non-hydrogen) atoms. The highest BCUT2D eigenvalue weighted by atomic mass is 35.5. The van der Waals surface area contributed by atoms with Gasteiger partial charge in [0.1, 0.15) is 5.76 Å². The number of furan rings is 1. The van der Waals surface area contributed by atoms with Crippen LogP contribution in [-0.4, -0.2) is 33.3 Å². The Morgan fingerprint density at radius 2 is 1.90 bits per heavy atom. The summed E-state index contributed by atoms with van der Waals surface area (Å²) < 4.78 is 21.8. The van der Waals surface area contributed by atoms with Crippen molar-refractivity contribution in [3.05, 3.63) is 62.8 Å². The number of benzene rings is 2. The second-order valence-electron chi connectivity index (χ2n) is 6.68. The Balaban J connectivity index is 1.94. The molecule has 0 spiro atoms. The highest BCUT2D eigenvalue weighted by Crippen LogP contribution is 2.35. The molecule has 0 aliphatic carbocycles. The first-order valence-electron chi connectivity index (χ1n) is 9.30. The van der Waals surface area contributed by atoms with Gasteiger partial charge in [-0.3, -0.25) is 4.79 Å². The number of carbonyl (C=O) groups is 1. The first kappa shape index (κ1) is 22.6. The van der Waals surface area contributed by atoms with Gasteiger partial charge in [-0.25, -0.2) is 0 Å². The number of halogens is 2. The predicted octanol–water partition coefficient (Wildman–Crippen LogP) is 5.92. The third-order valence-corrected chi connectivity index (χ3v) is 5.55. The van der Waals surface area contributed by atoms with E-state index in [0.29, 0.717) is 30.0 Å². The minimum atomic E-state index is -0.768. The third-order valence-electron chi connectivity index (χ3n) is 4.82. The SMILES string of the molecule is COCCOC(OC)c1ccc(Cl)c(C(=O)Nc2cccc3c(C)c(C)oc23)c1Cl. The van der Waals surface area contributed by atoms with E-state index in [1.807, 2.05) is 26.0 Å². The summed E-state index contributed by atoms with van der Waals surface area (Å²) >= 11 is 12.9. The summed E-state index contributed by atoms with van der Waals surface area (Å²) in [4.78, 5) is 13.1. The van der Waals surface area contributed by atoms with Crippen molar-refractivity contribution in [1.82, 2.24) is 0 Å².